The summed E-state index contributed by atoms with van der Waals surface area (Å²) in [6.45, 7) is 5.45. The fourth-order valence-electron chi connectivity index (χ4n) is 2.27. The van der Waals surface area contributed by atoms with Crippen molar-refractivity contribution in [3.8, 4) is 0 Å². The van der Waals surface area contributed by atoms with Crippen molar-refractivity contribution in [2.24, 2.45) is 5.92 Å². The standard InChI is InChI=1S/C14H23NOS/c1-10(9-16)8-15-11(2)14-7-12-5-3-4-6-13(12)17-14/h7,10-11,15-16H,3-6,8-9H2,1-2H3. The predicted molar refractivity (Wildman–Crippen MR) is 73.6 cm³/mol. The Balaban J connectivity index is 1.94. The smallest absolute Gasteiger partial charge is 0.0468 e. The van der Waals surface area contributed by atoms with E-state index in [1.807, 2.05) is 11.3 Å². The normalized spacial score (nSPS) is 18.8. The number of hydrogen-bond acceptors (Lipinski definition) is 3. The Morgan fingerprint density at radius 1 is 1.35 bits per heavy atom. The molecule has 2 unspecified atom stereocenters. The monoisotopic (exact) mass is 253 g/mol. The second kappa shape index (κ2) is 5.98. The zero-order chi connectivity index (χ0) is 12.3. The van der Waals surface area contributed by atoms with E-state index in [2.05, 4.69) is 25.2 Å². The van der Waals surface area contributed by atoms with Crippen molar-refractivity contribution in [2.75, 3.05) is 13.2 Å². The SMILES string of the molecule is CC(CO)CNC(C)c1cc2c(s1)CCCC2. The Morgan fingerprint density at radius 2 is 2.12 bits per heavy atom. The minimum atomic E-state index is 0.265. The lowest BCUT2D eigenvalue weighted by atomic mass is 9.99. The maximum atomic E-state index is 9.01. The molecule has 2 nitrogen and oxygen atoms in total. The number of aliphatic hydroxyl groups excluding tert-OH is 1. The van der Waals surface area contributed by atoms with Gasteiger partial charge in [0.15, 0.2) is 0 Å². The summed E-state index contributed by atoms with van der Waals surface area (Å²) in [7, 11) is 0. The average molecular weight is 253 g/mol. The van der Waals surface area contributed by atoms with Crippen molar-refractivity contribution in [2.45, 2.75) is 45.6 Å². The van der Waals surface area contributed by atoms with Crippen molar-refractivity contribution < 1.29 is 5.11 Å². The first-order valence-electron chi connectivity index (χ1n) is 6.66. The molecule has 0 saturated heterocycles. The van der Waals surface area contributed by atoms with Crippen molar-refractivity contribution in [3.05, 3.63) is 21.4 Å². The van der Waals surface area contributed by atoms with Gasteiger partial charge in [0.25, 0.3) is 0 Å². The summed E-state index contributed by atoms with van der Waals surface area (Å²) >= 11 is 1.98. The molecular formula is C14H23NOS. The van der Waals surface area contributed by atoms with E-state index in [1.54, 1.807) is 10.4 Å². The van der Waals surface area contributed by atoms with Crippen LogP contribution in [-0.2, 0) is 12.8 Å². The van der Waals surface area contributed by atoms with Crippen molar-refractivity contribution in [1.82, 2.24) is 5.32 Å². The molecule has 1 heterocycles. The fraction of sp³-hybridized carbons (Fsp3) is 0.714. The van der Waals surface area contributed by atoms with Gasteiger partial charge in [-0.05, 0) is 50.2 Å². The zero-order valence-corrected chi connectivity index (χ0v) is 11.6. The van der Waals surface area contributed by atoms with Crippen LogP contribution in [0.25, 0.3) is 0 Å². The number of aryl methyl sites for hydroxylation is 2. The van der Waals surface area contributed by atoms with Gasteiger partial charge in [0.2, 0.25) is 0 Å². The van der Waals surface area contributed by atoms with Gasteiger partial charge in [-0.1, -0.05) is 6.92 Å². The van der Waals surface area contributed by atoms with E-state index in [0.717, 1.165) is 6.54 Å². The molecule has 2 atom stereocenters. The van der Waals surface area contributed by atoms with Crippen molar-refractivity contribution in [3.63, 3.8) is 0 Å². The maximum absolute atomic E-state index is 9.01. The minimum absolute atomic E-state index is 0.265. The Morgan fingerprint density at radius 3 is 2.82 bits per heavy atom. The van der Waals surface area contributed by atoms with E-state index < -0.39 is 0 Å². The summed E-state index contributed by atoms with van der Waals surface area (Å²) in [5.41, 5.74) is 1.58. The molecule has 2 rings (SSSR count). The Labute approximate surface area is 108 Å². The largest absolute Gasteiger partial charge is 0.396 e. The van der Waals surface area contributed by atoms with Crippen LogP contribution in [0.4, 0.5) is 0 Å². The first-order chi connectivity index (χ1) is 8.20. The van der Waals surface area contributed by atoms with Crippen molar-refractivity contribution >= 4 is 11.3 Å². The van der Waals surface area contributed by atoms with E-state index >= 15 is 0 Å². The van der Waals surface area contributed by atoms with Gasteiger partial charge in [0, 0.05) is 28.9 Å². The number of hydrogen-bond donors (Lipinski definition) is 2. The van der Waals surface area contributed by atoms with Crippen molar-refractivity contribution in [1.29, 1.82) is 0 Å². The van der Waals surface area contributed by atoms with Gasteiger partial charge in [-0.25, -0.2) is 0 Å². The molecule has 0 aliphatic heterocycles. The summed E-state index contributed by atoms with van der Waals surface area (Å²) in [5, 5.41) is 12.5. The van der Waals surface area contributed by atoms with E-state index in [-0.39, 0.29) is 6.61 Å². The zero-order valence-electron chi connectivity index (χ0n) is 10.8. The molecule has 0 fully saturated rings. The molecular weight excluding hydrogens is 230 g/mol. The summed E-state index contributed by atoms with van der Waals surface area (Å²) in [6.07, 6.45) is 5.26. The summed E-state index contributed by atoms with van der Waals surface area (Å²) in [5.74, 6) is 0.340. The van der Waals surface area contributed by atoms with Gasteiger partial charge in [0.05, 0.1) is 0 Å². The number of fused-ring (bicyclic) bond motifs is 1. The van der Waals surface area contributed by atoms with Crippen LogP contribution in [0.1, 0.15) is 48.0 Å². The van der Waals surface area contributed by atoms with Gasteiger partial charge in [-0.15, -0.1) is 11.3 Å². The van der Waals surface area contributed by atoms with Crippen LogP contribution in [0.5, 0.6) is 0 Å². The molecule has 1 aliphatic rings. The lowest BCUT2D eigenvalue weighted by Gasteiger charge is -2.15. The quantitative estimate of drug-likeness (QED) is 0.845. The molecule has 17 heavy (non-hydrogen) atoms. The molecule has 3 heteroatoms. The molecule has 0 radical (unpaired) electrons. The summed E-state index contributed by atoms with van der Waals surface area (Å²) in [4.78, 5) is 3.07. The maximum Gasteiger partial charge on any atom is 0.0468 e. The van der Waals surface area contributed by atoms with E-state index in [9.17, 15) is 0 Å². The first-order valence-corrected chi connectivity index (χ1v) is 7.48. The lowest BCUT2D eigenvalue weighted by Crippen LogP contribution is -2.25. The number of rotatable bonds is 5. The summed E-state index contributed by atoms with van der Waals surface area (Å²) in [6, 6.07) is 2.81. The highest BCUT2D eigenvalue weighted by Gasteiger charge is 2.16. The molecule has 0 aromatic carbocycles. The second-order valence-electron chi connectivity index (χ2n) is 5.22. The molecule has 1 aromatic rings. The molecule has 0 spiro atoms. The average Bonchev–Trinajstić information content (AvgIpc) is 2.79. The number of aliphatic hydroxyl groups is 1. The highest BCUT2D eigenvalue weighted by Crippen LogP contribution is 2.32. The first kappa shape index (κ1) is 13.1. The van der Waals surface area contributed by atoms with Gasteiger partial charge < -0.3 is 10.4 Å². The van der Waals surface area contributed by atoms with Crippen LogP contribution in [0.15, 0.2) is 6.07 Å². The van der Waals surface area contributed by atoms with E-state index in [4.69, 9.17) is 5.11 Å². The molecule has 1 aromatic heterocycles. The topological polar surface area (TPSA) is 32.3 Å². The Kier molecular flexibility index (Phi) is 4.60. The molecule has 0 bridgehead atoms. The molecule has 1 aliphatic carbocycles. The third-order valence-electron chi connectivity index (χ3n) is 3.53. The third-order valence-corrected chi connectivity index (χ3v) is 4.95. The third kappa shape index (κ3) is 3.30. The minimum Gasteiger partial charge on any atom is -0.396 e. The van der Waals surface area contributed by atoms with E-state index in [0.29, 0.717) is 12.0 Å². The Hall–Kier alpha value is -0.380. The van der Waals surface area contributed by atoms with Crippen LogP contribution in [-0.4, -0.2) is 18.3 Å². The van der Waals surface area contributed by atoms with Crippen LogP contribution in [0.3, 0.4) is 0 Å². The molecule has 2 N–H and O–H groups in total. The highest BCUT2D eigenvalue weighted by molar-refractivity contribution is 7.12. The number of thiophene rings is 1. The molecule has 0 saturated carbocycles. The number of nitrogens with one attached hydrogen (secondary N) is 1. The summed E-state index contributed by atoms with van der Waals surface area (Å²) < 4.78 is 0. The van der Waals surface area contributed by atoms with Gasteiger partial charge in [0.1, 0.15) is 0 Å². The van der Waals surface area contributed by atoms with Crippen LogP contribution >= 0.6 is 11.3 Å². The van der Waals surface area contributed by atoms with Crippen LogP contribution < -0.4 is 5.32 Å². The molecule has 96 valence electrons. The Bertz CT molecular complexity index is 338. The lowest BCUT2D eigenvalue weighted by molar-refractivity contribution is 0.231. The fourth-order valence-corrected chi connectivity index (χ4v) is 3.55. The molecule has 0 amide bonds. The van der Waals surface area contributed by atoms with Crippen LogP contribution in [0, 0.1) is 5.92 Å². The van der Waals surface area contributed by atoms with Gasteiger partial charge in [-0.2, -0.15) is 0 Å². The van der Waals surface area contributed by atoms with Crippen LogP contribution in [0.2, 0.25) is 0 Å². The predicted octanol–water partition coefficient (Wildman–Crippen LogP) is 2.91. The van der Waals surface area contributed by atoms with E-state index in [1.165, 1.54) is 30.6 Å². The highest BCUT2D eigenvalue weighted by atomic mass is 32.1. The second-order valence-corrected chi connectivity index (χ2v) is 6.39. The van der Waals surface area contributed by atoms with Gasteiger partial charge >= 0.3 is 0 Å². The van der Waals surface area contributed by atoms with Gasteiger partial charge in [-0.3, -0.25) is 0 Å².